The third-order valence-corrected chi connectivity index (χ3v) is 5.20. The molecule has 2 aromatic heterocycles. The maximum absolute atomic E-state index is 14.7. The van der Waals surface area contributed by atoms with Crippen LogP contribution in [0.2, 0.25) is 0 Å². The third kappa shape index (κ3) is 5.43. The van der Waals surface area contributed by atoms with Crippen LogP contribution < -0.4 is 15.4 Å². The van der Waals surface area contributed by atoms with Crippen LogP contribution in [0.5, 0.6) is 11.8 Å². The summed E-state index contributed by atoms with van der Waals surface area (Å²) in [5, 5.41) is 0. The van der Waals surface area contributed by atoms with Crippen LogP contribution in [0, 0.1) is 5.82 Å². The lowest BCUT2D eigenvalue weighted by Gasteiger charge is -2.36. The Hall–Kier alpha value is -4.07. The molecule has 0 bridgehead atoms. The number of carbonyl (C=O) groups is 1. The van der Waals surface area contributed by atoms with Gasteiger partial charge in [0.15, 0.2) is 23.4 Å². The van der Waals surface area contributed by atoms with Crippen molar-refractivity contribution in [3.8, 4) is 23.1 Å². The zero-order valence-electron chi connectivity index (χ0n) is 19.2. The van der Waals surface area contributed by atoms with Crippen LogP contribution in [-0.2, 0) is 4.74 Å². The quantitative estimate of drug-likeness (QED) is 0.520. The van der Waals surface area contributed by atoms with E-state index in [2.05, 4.69) is 19.9 Å². The van der Waals surface area contributed by atoms with Crippen molar-refractivity contribution in [2.75, 3.05) is 44.5 Å². The van der Waals surface area contributed by atoms with Gasteiger partial charge in [-0.3, -0.25) is 4.79 Å². The van der Waals surface area contributed by atoms with E-state index in [1.165, 1.54) is 49.5 Å². The first kappa shape index (κ1) is 25.0. The summed E-state index contributed by atoms with van der Waals surface area (Å²) >= 11 is 0. The number of morpholine rings is 1. The number of hydrogen-bond acceptors (Lipinski definition) is 9. The minimum Gasteiger partial charge on any atom is -0.421 e. The van der Waals surface area contributed by atoms with E-state index in [1.54, 1.807) is 0 Å². The van der Waals surface area contributed by atoms with Gasteiger partial charge in [-0.2, -0.15) is 28.1 Å². The molecule has 0 saturated carbocycles. The van der Waals surface area contributed by atoms with E-state index in [1.807, 2.05) is 0 Å². The number of nitrogens with zero attached hydrogens (tertiary/aromatic N) is 6. The highest BCUT2D eigenvalue weighted by molar-refractivity contribution is 5.94. The van der Waals surface area contributed by atoms with E-state index >= 15 is 0 Å². The SMILES string of the molecule is CN(C)C(=O)c1ccc(Oc2nc(-c3ccc(N)nc3)nc(N3CCOCC3C(F)(F)F)n2)c(F)c1. The molecular formula is C22H21F4N7O3. The second kappa shape index (κ2) is 9.89. The number of ether oxygens (including phenoxy) is 2. The van der Waals surface area contributed by atoms with Gasteiger partial charge < -0.3 is 25.0 Å². The molecule has 14 heteroatoms. The highest BCUT2D eigenvalue weighted by Crippen LogP contribution is 2.32. The molecule has 2 N–H and O–H groups in total. The van der Waals surface area contributed by atoms with Crippen molar-refractivity contribution in [3.05, 3.63) is 47.9 Å². The van der Waals surface area contributed by atoms with Gasteiger partial charge >= 0.3 is 12.2 Å². The van der Waals surface area contributed by atoms with Gasteiger partial charge in [-0.05, 0) is 30.3 Å². The number of alkyl halides is 3. The van der Waals surface area contributed by atoms with Crippen molar-refractivity contribution in [1.82, 2.24) is 24.8 Å². The average molecular weight is 507 g/mol. The molecule has 3 aromatic rings. The summed E-state index contributed by atoms with van der Waals surface area (Å²) in [6.45, 7) is -0.744. The number of hydrogen-bond donors (Lipinski definition) is 1. The second-order valence-corrected chi connectivity index (χ2v) is 7.99. The Balaban J connectivity index is 1.75. The number of nitrogens with two attached hydrogens (primary N) is 1. The molecule has 10 nitrogen and oxygen atoms in total. The number of benzene rings is 1. The molecule has 1 aromatic carbocycles. The first-order valence-corrected chi connectivity index (χ1v) is 10.6. The van der Waals surface area contributed by atoms with E-state index in [4.69, 9.17) is 15.2 Å². The summed E-state index contributed by atoms with van der Waals surface area (Å²) in [5.41, 5.74) is 6.01. The van der Waals surface area contributed by atoms with E-state index in [0.717, 1.165) is 11.0 Å². The Morgan fingerprint density at radius 1 is 1.19 bits per heavy atom. The molecule has 0 radical (unpaired) electrons. The van der Waals surface area contributed by atoms with Crippen molar-refractivity contribution in [2.24, 2.45) is 0 Å². The fourth-order valence-electron chi connectivity index (χ4n) is 3.37. The number of aromatic nitrogens is 4. The summed E-state index contributed by atoms with van der Waals surface area (Å²) < 4.78 is 66.3. The largest absolute Gasteiger partial charge is 0.421 e. The molecule has 1 fully saturated rings. The molecule has 190 valence electrons. The summed E-state index contributed by atoms with van der Waals surface area (Å²) in [7, 11) is 3.04. The Morgan fingerprint density at radius 3 is 2.61 bits per heavy atom. The van der Waals surface area contributed by atoms with Crippen molar-refractivity contribution in [2.45, 2.75) is 12.2 Å². The van der Waals surface area contributed by atoms with Crippen molar-refractivity contribution in [1.29, 1.82) is 0 Å². The van der Waals surface area contributed by atoms with Crippen LogP contribution >= 0.6 is 0 Å². The number of pyridine rings is 1. The summed E-state index contributed by atoms with van der Waals surface area (Å²) in [4.78, 5) is 30.6. The minimum atomic E-state index is -4.63. The van der Waals surface area contributed by atoms with Crippen LogP contribution in [0.3, 0.4) is 0 Å². The maximum atomic E-state index is 14.7. The van der Waals surface area contributed by atoms with E-state index in [0.29, 0.717) is 5.56 Å². The molecule has 4 rings (SSSR count). The Bertz CT molecular complexity index is 1260. The van der Waals surface area contributed by atoms with E-state index in [-0.39, 0.29) is 42.1 Å². The molecule has 1 unspecified atom stereocenters. The first-order chi connectivity index (χ1) is 17.0. The lowest BCUT2D eigenvalue weighted by molar-refractivity contribution is -0.167. The highest BCUT2D eigenvalue weighted by atomic mass is 19.4. The lowest BCUT2D eigenvalue weighted by Crippen LogP contribution is -2.54. The van der Waals surface area contributed by atoms with Crippen molar-refractivity contribution in [3.63, 3.8) is 0 Å². The Morgan fingerprint density at radius 2 is 1.97 bits per heavy atom. The topological polar surface area (TPSA) is 120 Å². The van der Waals surface area contributed by atoms with Crippen molar-refractivity contribution >= 4 is 17.7 Å². The van der Waals surface area contributed by atoms with Gasteiger partial charge in [0.2, 0.25) is 5.95 Å². The number of rotatable bonds is 5. The van der Waals surface area contributed by atoms with Gasteiger partial charge in [-0.25, -0.2) is 9.37 Å². The van der Waals surface area contributed by atoms with Gasteiger partial charge in [0, 0.05) is 38.0 Å². The molecule has 1 saturated heterocycles. The molecule has 0 aliphatic carbocycles. The molecule has 1 aliphatic heterocycles. The average Bonchev–Trinajstić information content (AvgIpc) is 2.84. The number of carbonyl (C=O) groups excluding carboxylic acids is 1. The van der Waals surface area contributed by atoms with Gasteiger partial charge in [0.05, 0.1) is 13.2 Å². The smallest absolute Gasteiger partial charge is 0.411 e. The highest BCUT2D eigenvalue weighted by Gasteiger charge is 2.46. The monoisotopic (exact) mass is 507 g/mol. The molecule has 0 spiro atoms. The molecule has 36 heavy (non-hydrogen) atoms. The Kier molecular flexibility index (Phi) is 6.88. The van der Waals surface area contributed by atoms with E-state index in [9.17, 15) is 22.4 Å². The fourth-order valence-corrected chi connectivity index (χ4v) is 3.37. The molecule has 1 aliphatic rings. The second-order valence-electron chi connectivity index (χ2n) is 7.99. The first-order valence-electron chi connectivity index (χ1n) is 10.6. The van der Waals surface area contributed by atoms with Gasteiger partial charge in [0.25, 0.3) is 5.91 Å². The number of amides is 1. The van der Waals surface area contributed by atoms with E-state index < -0.39 is 36.6 Å². The number of halogens is 4. The molecule has 1 atom stereocenters. The molecular weight excluding hydrogens is 486 g/mol. The lowest BCUT2D eigenvalue weighted by atomic mass is 10.2. The van der Waals surface area contributed by atoms with Crippen LogP contribution in [-0.4, -0.2) is 76.8 Å². The normalized spacial score (nSPS) is 16.1. The standard InChI is InChI=1S/C22H21F4N7O3/c1-32(2)19(34)12-3-5-15(14(23)9-12)36-21-30-18(13-4-6-17(27)28-10-13)29-20(31-21)33-7-8-35-11-16(33)22(24,25)26/h3-6,9-10,16H,7-8,11H2,1-2H3,(H2,27,28). The minimum absolute atomic E-state index is 0.0171. The van der Waals surface area contributed by atoms with Gasteiger partial charge in [-0.1, -0.05) is 0 Å². The summed E-state index contributed by atoms with van der Waals surface area (Å²) in [5.74, 6) is -1.83. The van der Waals surface area contributed by atoms with Crippen LogP contribution in [0.4, 0.5) is 29.3 Å². The number of nitrogen functional groups attached to an aromatic ring is 1. The van der Waals surface area contributed by atoms with Crippen LogP contribution in [0.1, 0.15) is 10.4 Å². The van der Waals surface area contributed by atoms with Gasteiger partial charge in [0.1, 0.15) is 5.82 Å². The summed E-state index contributed by atoms with van der Waals surface area (Å²) in [6, 6.07) is 4.05. The molecule has 1 amide bonds. The maximum Gasteiger partial charge on any atom is 0.411 e. The zero-order chi connectivity index (χ0) is 26.0. The predicted molar refractivity (Wildman–Crippen MR) is 120 cm³/mol. The van der Waals surface area contributed by atoms with Gasteiger partial charge in [-0.15, -0.1) is 0 Å². The van der Waals surface area contributed by atoms with Crippen LogP contribution in [0.25, 0.3) is 11.4 Å². The summed E-state index contributed by atoms with van der Waals surface area (Å²) in [6.07, 6.45) is -3.29. The number of anilines is 2. The fraction of sp³-hybridized carbons (Fsp3) is 0.318. The van der Waals surface area contributed by atoms with Crippen LogP contribution in [0.15, 0.2) is 36.5 Å². The zero-order valence-corrected chi connectivity index (χ0v) is 19.2. The predicted octanol–water partition coefficient (Wildman–Crippen LogP) is 2.92. The van der Waals surface area contributed by atoms with Crippen molar-refractivity contribution < 1.29 is 31.8 Å². The Labute approximate surface area is 202 Å². The third-order valence-electron chi connectivity index (χ3n) is 5.20. The molecule has 3 heterocycles.